The molecule has 1 N–H and O–H groups in total. The molecule has 0 saturated heterocycles. The van der Waals surface area contributed by atoms with E-state index in [1.54, 1.807) is 18.9 Å². The van der Waals surface area contributed by atoms with Crippen molar-refractivity contribution in [3.63, 3.8) is 0 Å². The van der Waals surface area contributed by atoms with Crippen LogP contribution in [0, 0.1) is 23.7 Å². The zero-order valence-electron chi connectivity index (χ0n) is 18.0. The molecule has 160 valence electrons. The van der Waals surface area contributed by atoms with Gasteiger partial charge in [0.1, 0.15) is 0 Å². The standard InChI is InChI=1S/C26H28N2O2S/c1-28(24-14-7-4-8-15-24)26(18-27-23-12-5-3-6-13-23)31-25(19-29)17-21-10-9-11-22(16-21)20-30-2/h3,5-6,9-12,16-17,19,23-24,26-27H,13-14,18,20H2,1-2H3/b25-17-. The number of carbonyl (C=O) groups is 1. The first-order chi connectivity index (χ1) is 15.2. The van der Waals surface area contributed by atoms with Gasteiger partial charge in [0.25, 0.3) is 0 Å². The number of ether oxygens (including phenoxy) is 1. The third-order valence-corrected chi connectivity index (χ3v) is 6.38. The molecule has 0 aliphatic heterocycles. The van der Waals surface area contributed by atoms with E-state index in [0.717, 1.165) is 30.4 Å². The third kappa shape index (κ3) is 7.28. The zero-order chi connectivity index (χ0) is 21.9. The van der Waals surface area contributed by atoms with E-state index in [-0.39, 0.29) is 11.4 Å². The van der Waals surface area contributed by atoms with Crippen LogP contribution in [-0.2, 0) is 16.1 Å². The topological polar surface area (TPSA) is 41.6 Å². The average molecular weight is 433 g/mol. The van der Waals surface area contributed by atoms with E-state index in [1.165, 1.54) is 0 Å². The van der Waals surface area contributed by atoms with Gasteiger partial charge < -0.3 is 10.1 Å². The van der Waals surface area contributed by atoms with Crippen LogP contribution >= 0.6 is 11.8 Å². The predicted molar refractivity (Wildman–Crippen MR) is 129 cm³/mol. The van der Waals surface area contributed by atoms with Crippen molar-refractivity contribution in [3.05, 3.63) is 64.6 Å². The minimum absolute atomic E-state index is 0.0390. The Bertz CT molecular complexity index is 974. The van der Waals surface area contributed by atoms with E-state index in [0.29, 0.717) is 24.0 Å². The van der Waals surface area contributed by atoms with Gasteiger partial charge >= 0.3 is 0 Å². The summed E-state index contributed by atoms with van der Waals surface area (Å²) < 4.78 is 5.22. The lowest BCUT2D eigenvalue weighted by Crippen LogP contribution is -2.45. The maximum absolute atomic E-state index is 11.9. The molecule has 4 nitrogen and oxygen atoms in total. The number of thioether (sulfide) groups is 1. The van der Waals surface area contributed by atoms with Crippen LogP contribution in [0.5, 0.6) is 0 Å². The molecule has 0 heterocycles. The Hall–Kier alpha value is -2.54. The number of allylic oxidation sites excluding steroid dienone is 3. The normalized spacial score (nSPS) is 20.5. The molecule has 0 bridgehead atoms. The quantitative estimate of drug-likeness (QED) is 0.250. The molecule has 0 spiro atoms. The zero-order valence-corrected chi connectivity index (χ0v) is 18.8. The van der Waals surface area contributed by atoms with Gasteiger partial charge in [-0.1, -0.05) is 54.3 Å². The molecule has 2 aliphatic rings. The second-order valence-electron chi connectivity index (χ2n) is 7.44. The fourth-order valence-corrected chi connectivity index (χ4v) is 4.48. The van der Waals surface area contributed by atoms with Crippen LogP contribution in [0.15, 0.2) is 53.5 Å². The summed E-state index contributed by atoms with van der Waals surface area (Å²) >= 11 is 1.56. The van der Waals surface area contributed by atoms with E-state index in [9.17, 15) is 4.79 Å². The van der Waals surface area contributed by atoms with Crippen LogP contribution in [0.2, 0.25) is 0 Å². The van der Waals surface area contributed by atoms with Crippen molar-refractivity contribution < 1.29 is 9.53 Å². The number of methoxy groups -OCH3 is 1. The van der Waals surface area contributed by atoms with Gasteiger partial charge in [0.05, 0.1) is 18.0 Å². The van der Waals surface area contributed by atoms with Crippen molar-refractivity contribution >= 4 is 24.1 Å². The number of aldehydes is 1. The number of hydrogen-bond acceptors (Lipinski definition) is 5. The monoisotopic (exact) mass is 432 g/mol. The fourth-order valence-electron chi connectivity index (χ4n) is 3.42. The molecule has 3 rings (SSSR count). The lowest BCUT2D eigenvalue weighted by molar-refractivity contribution is -0.104. The Kier molecular flexibility index (Phi) is 9.21. The molecule has 2 aliphatic carbocycles. The molecule has 0 amide bonds. The largest absolute Gasteiger partial charge is 0.380 e. The number of nitrogens with one attached hydrogen (secondary N) is 1. The van der Waals surface area contributed by atoms with Gasteiger partial charge in [-0.3, -0.25) is 9.69 Å². The van der Waals surface area contributed by atoms with Crippen LogP contribution in [0.4, 0.5) is 0 Å². The first-order valence-electron chi connectivity index (χ1n) is 10.4. The molecule has 5 heteroatoms. The Balaban J connectivity index is 1.74. The lowest BCUT2D eigenvalue weighted by atomic mass is 10.1. The SMILES string of the molecule is COCc1cccc(/C=C(/C=O)SC(CNC2C=CC=CC2)N(C)C2C#CC#CC2)c1. The summed E-state index contributed by atoms with van der Waals surface area (Å²) in [6.45, 7) is 1.27. The molecule has 0 radical (unpaired) electrons. The van der Waals surface area contributed by atoms with Gasteiger partial charge in [0.2, 0.25) is 0 Å². The summed E-state index contributed by atoms with van der Waals surface area (Å²) in [6, 6.07) is 8.41. The molecule has 31 heavy (non-hydrogen) atoms. The molecular formula is C26H28N2O2S. The number of nitrogens with zero attached hydrogens (tertiary/aromatic N) is 1. The van der Waals surface area contributed by atoms with E-state index in [1.807, 2.05) is 30.3 Å². The minimum atomic E-state index is 0.0390. The number of carbonyl (C=O) groups excluding carboxylic acids is 1. The molecule has 0 aromatic heterocycles. The molecular weight excluding hydrogens is 404 g/mol. The lowest BCUT2D eigenvalue weighted by Gasteiger charge is -2.32. The predicted octanol–water partition coefficient (Wildman–Crippen LogP) is 3.62. The second-order valence-corrected chi connectivity index (χ2v) is 8.69. The van der Waals surface area contributed by atoms with E-state index < -0.39 is 0 Å². The van der Waals surface area contributed by atoms with Gasteiger partial charge in [-0.05, 0) is 48.6 Å². The number of hydrogen-bond donors (Lipinski definition) is 1. The van der Waals surface area contributed by atoms with Crippen molar-refractivity contribution in [2.45, 2.75) is 36.9 Å². The summed E-state index contributed by atoms with van der Waals surface area (Å²) in [5.41, 5.74) is 2.07. The molecule has 1 aromatic rings. The van der Waals surface area contributed by atoms with Crippen molar-refractivity contribution in [2.24, 2.45) is 0 Å². The second kappa shape index (κ2) is 12.3. The minimum Gasteiger partial charge on any atom is -0.380 e. The van der Waals surface area contributed by atoms with Crippen LogP contribution in [0.25, 0.3) is 6.08 Å². The van der Waals surface area contributed by atoms with E-state index in [2.05, 4.69) is 65.3 Å². The van der Waals surface area contributed by atoms with E-state index in [4.69, 9.17) is 4.74 Å². The molecule has 1 aromatic carbocycles. The van der Waals surface area contributed by atoms with Crippen molar-refractivity contribution in [2.75, 3.05) is 20.7 Å². The van der Waals surface area contributed by atoms with Crippen LogP contribution in [0.1, 0.15) is 24.0 Å². The van der Waals surface area contributed by atoms with Crippen LogP contribution in [-0.4, -0.2) is 49.3 Å². The fraction of sp³-hybridized carbons (Fsp3) is 0.346. The Labute approximate surface area is 189 Å². The summed E-state index contributed by atoms with van der Waals surface area (Å²) in [5, 5.41) is 3.66. The average Bonchev–Trinajstić information content (AvgIpc) is 2.82. The third-order valence-electron chi connectivity index (χ3n) is 5.13. The van der Waals surface area contributed by atoms with E-state index >= 15 is 0 Å². The molecule has 0 fully saturated rings. The molecule has 3 unspecified atom stereocenters. The molecule has 3 atom stereocenters. The number of benzene rings is 1. The Morgan fingerprint density at radius 2 is 2.29 bits per heavy atom. The van der Waals surface area contributed by atoms with Crippen LogP contribution in [0.3, 0.4) is 0 Å². The summed E-state index contributed by atoms with van der Waals surface area (Å²) in [5.74, 6) is 12.0. The maximum atomic E-state index is 11.9. The summed E-state index contributed by atoms with van der Waals surface area (Å²) in [6.07, 6.45) is 13.0. The van der Waals surface area contributed by atoms with Crippen molar-refractivity contribution in [1.82, 2.24) is 10.2 Å². The highest BCUT2D eigenvalue weighted by atomic mass is 32.2. The number of rotatable bonds is 11. The smallest absolute Gasteiger partial charge is 0.156 e. The van der Waals surface area contributed by atoms with Gasteiger partial charge in [-0.15, -0.1) is 11.8 Å². The first-order valence-corrected chi connectivity index (χ1v) is 11.3. The van der Waals surface area contributed by atoms with Gasteiger partial charge in [-0.2, -0.15) is 0 Å². The van der Waals surface area contributed by atoms with Crippen LogP contribution < -0.4 is 5.32 Å². The Morgan fingerprint density at radius 3 is 3.00 bits per heavy atom. The van der Waals surface area contributed by atoms with Crippen molar-refractivity contribution in [1.29, 1.82) is 0 Å². The Morgan fingerprint density at radius 1 is 1.39 bits per heavy atom. The highest BCUT2D eigenvalue weighted by molar-refractivity contribution is 8.04. The van der Waals surface area contributed by atoms with Gasteiger partial charge in [0, 0.05) is 31.0 Å². The van der Waals surface area contributed by atoms with Crippen molar-refractivity contribution in [3.8, 4) is 23.7 Å². The highest BCUT2D eigenvalue weighted by Crippen LogP contribution is 2.27. The van der Waals surface area contributed by atoms with Gasteiger partial charge in [0.15, 0.2) is 6.29 Å². The maximum Gasteiger partial charge on any atom is 0.156 e. The number of likely N-dealkylation sites (N-methyl/N-ethyl adjacent to an activating group) is 1. The molecule has 0 saturated carbocycles. The van der Waals surface area contributed by atoms with Gasteiger partial charge in [-0.25, -0.2) is 0 Å². The summed E-state index contributed by atoms with van der Waals surface area (Å²) in [4.78, 5) is 14.8. The first kappa shape index (κ1) is 23.1. The summed E-state index contributed by atoms with van der Waals surface area (Å²) in [7, 11) is 3.74. The highest BCUT2D eigenvalue weighted by Gasteiger charge is 2.24.